The number of amides is 2. The molecule has 2 fully saturated rings. The Bertz CT molecular complexity index is 1980. The summed E-state index contributed by atoms with van der Waals surface area (Å²) in [5.41, 5.74) is 2.53. The predicted molar refractivity (Wildman–Crippen MR) is 165 cm³/mol. The van der Waals surface area contributed by atoms with Crippen molar-refractivity contribution in [2.45, 2.75) is 58.8 Å². The molecule has 1 aliphatic heterocycles. The largest absolute Gasteiger partial charge is 0.325 e. The topological polar surface area (TPSA) is 167 Å². The number of likely N-dealkylation sites (tertiary alicyclic amines) is 1. The summed E-state index contributed by atoms with van der Waals surface area (Å²) >= 11 is 3.37. The van der Waals surface area contributed by atoms with Crippen LogP contribution in [0.2, 0.25) is 0 Å². The lowest BCUT2D eigenvalue weighted by molar-refractivity contribution is -0.138. The Balaban J connectivity index is 1.20. The number of nitrogens with one attached hydrogen (secondary N) is 1. The van der Waals surface area contributed by atoms with Gasteiger partial charge in [-0.15, -0.1) is 0 Å². The van der Waals surface area contributed by atoms with E-state index in [9.17, 15) is 14.4 Å². The van der Waals surface area contributed by atoms with Crippen LogP contribution in [0, 0.1) is 19.3 Å². The van der Waals surface area contributed by atoms with Crippen LogP contribution in [-0.4, -0.2) is 79.1 Å². The first kappa shape index (κ1) is 28.8. The Hall–Kier alpha value is -4.92. The maximum atomic E-state index is 14.1. The van der Waals surface area contributed by atoms with Crippen LogP contribution in [0.3, 0.4) is 0 Å². The van der Waals surface area contributed by atoms with Crippen LogP contribution in [-0.2, 0) is 22.7 Å². The number of Topliss-reactive ketones (excluding diaryl/α,β-unsaturated/α-hetero) is 1. The molecule has 5 aromatic rings. The molecule has 228 valence electrons. The second kappa shape index (κ2) is 10.9. The minimum Gasteiger partial charge on any atom is -0.325 e. The minimum absolute atomic E-state index is 0.165. The first-order chi connectivity index (χ1) is 21.6. The molecular formula is C30H28BrN11O3. The lowest BCUT2D eigenvalue weighted by Crippen LogP contribution is -2.47. The molecule has 6 heterocycles. The lowest BCUT2D eigenvalue weighted by Gasteiger charge is -2.27. The molecule has 1 aliphatic carbocycles. The summed E-state index contributed by atoms with van der Waals surface area (Å²) < 4.78 is 3.82. The summed E-state index contributed by atoms with van der Waals surface area (Å²) in [6.45, 7) is 5.45. The molecule has 0 bridgehead atoms. The molecule has 0 spiro atoms. The third kappa shape index (κ3) is 5.26. The quantitative estimate of drug-likeness (QED) is 0.191. The van der Waals surface area contributed by atoms with Crippen molar-refractivity contribution in [3.05, 3.63) is 71.1 Å². The second-order valence-electron chi connectivity index (χ2n) is 11.7. The third-order valence-corrected chi connectivity index (χ3v) is 9.03. The third-order valence-electron chi connectivity index (χ3n) is 8.59. The van der Waals surface area contributed by atoms with E-state index < -0.39 is 6.04 Å². The summed E-state index contributed by atoms with van der Waals surface area (Å²) in [7, 11) is 0. The van der Waals surface area contributed by atoms with Crippen LogP contribution in [0.25, 0.3) is 22.2 Å². The molecule has 1 N–H and O–H groups in total. The van der Waals surface area contributed by atoms with Crippen LogP contribution >= 0.6 is 15.9 Å². The summed E-state index contributed by atoms with van der Waals surface area (Å²) in [4.78, 5) is 63.7. The van der Waals surface area contributed by atoms with Crippen LogP contribution in [0.4, 0.5) is 5.82 Å². The molecule has 7 rings (SSSR count). The van der Waals surface area contributed by atoms with Gasteiger partial charge in [-0.3, -0.25) is 28.7 Å². The van der Waals surface area contributed by atoms with Gasteiger partial charge >= 0.3 is 0 Å². The number of aryl methyl sites for hydroxylation is 2. The fourth-order valence-electron chi connectivity index (χ4n) is 6.25. The first-order valence-electron chi connectivity index (χ1n) is 14.4. The van der Waals surface area contributed by atoms with Gasteiger partial charge in [0.1, 0.15) is 47.2 Å². The monoisotopic (exact) mass is 669 g/mol. The number of anilines is 1. The Kier molecular flexibility index (Phi) is 6.99. The number of hydrogen-bond donors (Lipinski definition) is 1. The molecule has 1 saturated heterocycles. The molecule has 14 nitrogen and oxygen atoms in total. The van der Waals surface area contributed by atoms with Crippen LogP contribution in [0.15, 0.2) is 54.0 Å². The fraction of sp³-hybridized carbons (Fsp3) is 0.333. The Morgan fingerprint density at radius 1 is 1.09 bits per heavy atom. The zero-order chi connectivity index (χ0) is 31.5. The molecule has 45 heavy (non-hydrogen) atoms. The normalized spacial score (nSPS) is 20.3. The number of piperidine rings is 1. The van der Waals surface area contributed by atoms with E-state index in [1.165, 1.54) is 17.9 Å². The van der Waals surface area contributed by atoms with E-state index in [1.807, 2.05) is 13.0 Å². The van der Waals surface area contributed by atoms with E-state index in [4.69, 9.17) is 0 Å². The highest BCUT2D eigenvalue weighted by molar-refractivity contribution is 9.10. The zero-order valence-electron chi connectivity index (χ0n) is 24.7. The number of carbonyl (C=O) groups excluding carboxylic acids is 3. The minimum atomic E-state index is -0.736. The Morgan fingerprint density at radius 2 is 1.89 bits per heavy atom. The van der Waals surface area contributed by atoms with Crippen molar-refractivity contribution in [2.24, 2.45) is 5.41 Å². The van der Waals surface area contributed by atoms with E-state index in [-0.39, 0.29) is 41.3 Å². The number of carbonyl (C=O) groups is 3. The van der Waals surface area contributed by atoms with Gasteiger partial charge in [0.05, 0.1) is 24.0 Å². The standard InChI is InChI=1S/C30H28BrN11O3/c1-16-4-5-25(31)37-28(16)38-29(45)22-7-30(13-40-15-32-14-36-40)8-24(30)42(22)26(44)12-41-23-11-35-21(19-9-33-18(3)34-10-19)6-20(23)27(39-41)17(2)43/h4-6,9-11,14-15,22,24H,7-8,12-13H2,1-3H3,(H,37,38,45)/t22-,24-,30+/m1/s1. The molecule has 2 aliphatic rings. The second-order valence-corrected chi connectivity index (χ2v) is 12.5. The van der Waals surface area contributed by atoms with Gasteiger partial charge in [0, 0.05) is 41.7 Å². The van der Waals surface area contributed by atoms with E-state index in [2.05, 4.69) is 56.4 Å². The summed E-state index contributed by atoms with van der Waals surface area (Å²) in [6, 6.07) is 4.52. The highest BCUT2D eigenvalue weighted by Gasteiger charge is 2.67. The van der Waals surface area contributed by atoms with Crippen molar-refractivity contribution in [2.75, 3.05) is 5.32 Å². The molecular weight excluding hydrogens is 642 g/mol. The molecule has 3 atom stereocenters. The summed E-state index contributed by atoms with van der Waals surface area (Å²) in [5.74, 6) is 0.218. The van der Waals surface area contributed by atoms with Crippen molar-refractivity contribution in [1.82, 2.24) is 49.4 Å². The van der Waals surface area contributed by atoms with Crippen molar-refractivity contribution >= 4 is 50.2 Å². The average Bonchev–Trinajstić information content (AvgIpc) is 3.34. The molecule has 0 unspecified atom stereocenters. The molecule has 1 saturated carbocycles. The molecule has 15 heteroatoms. The Labute approximate surface area is 265 Å². The fourth-order valence-corrected chi connectivity index (χ4v) is 6.56. The van der Waals surface area contributed by atoms with Gasteiger partial charge < -0.3 is 10.2 Å². The molecule has 0 radical (unpaired) electrons. The lowest BCUT2D eigenvalue weighted by atomic mass is 9.99. The van der Waals surface area contributed by atoms with Gasteiger partial charge in [-0.1, -0.05) is 6.07 Å². The number of fused-ring (bicyclic) bond motifs is 2. The smallest absolute Gasteiger partial charge is 0.248 e. The number of nitrogens with zero attached hydrogens (tertiary/aromatic N) is 10. The SMILES string of the molecule is CC(=O)c1nn(CC(=O)N2[C@@H](C(=O)Nc3nc(Br)ccc3C)C[C@@]3(Cn4cncn4)C[C@@H]23)c2cnc(-c3cnc(C)nc3)cc12. The van der Waals surface area contributed by atoms with Crippen molar-refractivity contribution in [1.29, 1.82) is 0 Å². The van der Waals surface area contributed by atoms with Crippen LogP contribution in [0.5, 0.6) is 0 Å². The highest BCUT2D eigenvalue weighted by Crippen LogP contribution is 2.60. The van der Waals surface area contributed by atoms with Gasteiger partial charge in [-0.2, -0.15) is 10.2 Å². The average molecular weight is 671 g/mol. The number of ketones is 1. The summed E-state index contributed by atoms with van der Waals surface area (Å²) in [6.07, 6.45) is 9.24. The number of aromatic nitrogens is 9. The van der Waals surface area contributed by atoms with Crippen LogP contribution in [0.1, 0.15) is 41.6 Å². The number of halogens is 1. The summed E-state index contributed by atoms with van der Waals surface area (Å²) in [5, 5.41) is 12.3. The van der Waals surface area contributed by atoms with E-state index in [0.717, 1.165) is 12.0 Å². The predicted octanol–water partition coefficient (Wildman–Crippen LogP) is 3.16. The Morgan fingerprint density at radius 3 is 2.62 bits per heavy atom. The zero-order valence-corrected chi connectivity index (χ0v) is 26.3. The van der Waals surface area contributed by atoms with Gasteiger partial charge in [0.25, 0.3) is 0 Å². The van der Waals surface area contributed by atoms with Gasteiger partial charge in [-0.05, 0) is 60.3 Å². The maximum absolute atomic E-state index is 14.1. The molecule has 0 aromatic carbocycles. The molecule has 2 amide bonds. The maximum Gasteiger partial charge on any atom is 0.248 e. The number of hydrogen-bond acceptors (Lipinski definition) is 10. The van der Waals surface area contributed by atoms with E-state index in [0.29, 0.717) is 51.4 Å². The van der Waals surface area contributed by atoms with E-state index >= 15 is 0 Å². The molecule has 5 aromatic heterocycles. The van der Waals surface area contributed by atoms with Crippen molar-refractivity contribution in [3.63, 3.8) is 0 Å². The van der Waals surface area contributed by atoms with Gasteiger partial charge in [0.2, 0.25) is 11.8 Å². The highest BCUT2D eigenvalue weighted by atomic mass is 79.9. The van der Waals surface area contributed by atoms with Crippen molar-refractivity contribution in [3.8, 4) is 11.3 Å². The van der Waals surface area contributed by atoms with Crippen molar-refractivity contribution < 1.29 is 14.4 Å². The number of pyridine rings is 2. The number of rotatable bonds is 8. The van der Waals surface area contributed by atoms with Crippen LogP contribution < -0.4 is 5.32 Å². The van der Waals surface area contributed by atoms with E-state index in [1.54, 1.807) is 53.6 Å². The van der Waals surface area contributed by atoms with Gasteiger partial charge in [-0.25, -0.2) is 19.9 Å². The first-order valence-corrected chi connectivity index (χ1v) is 15.2. The van der Waals surface area contributed by atoms with Gasteiger partial charge in [0.15, 0.2) is 5.78 Å².